The number of nitrogens with zero attached hydrogens (tertiary/aromatic N) is 3. The van der Waals surface area contributed by atoms with Crippen LogP contribution in [0.3, 0.4) is 0 Å². The van der Waals surface area contributed by atoms with E-state index in [4.69, 9.17) is 0 Å². The van der Waals surface area contributed by atoms with Crippen LogP contribution in [0, 0.1) is 0 Å². The molecule has 2 fully saturated rings. The highest BCUT2D eigenvalue weighted by molar-refractivity contribution is 7.89. The summed E-state index contributed by atoms with van der Waals surface area (Å²) in [4.78, 5) is 20.9. The van der Waals surface area contributed by atoms with Crippen LogP contribution in [0.25, 0.3) is 11.0 Å². The number of sulfonamides is 1. The first kappa shape index (κ1) is 18.3. The molecule has 2 aromatic heterocycles. The Morgan fingerprint density at radius 2 is 2.00 bits per heavy atom. The van der Waals surface area contributed by atoms with Gasteiger partial charge < -0.3 is 9.88 Å². The molecule has 4 rings (SSSR count). The van der Waals surface area contributed by atoms with Gasteiger partial charge in [-0.15, -0.1) is 0 Å². The lowest BCUT2D eigenvalue weighted by atomic mass is 10.1. The first-order valence-electron chi connectivity index (χ1n) is 8.60. The predicted molar refractivity (Wildman–Crippen MR) is 92.8 cm³/mol. The fourth-order valence-electron chi connectivity index (χ4n) is 3.54. The summed E-state index contributed by atoms with van der Waals surface area (Å²) in [6, 6.07) is 2.43. The van der Waals surface area contributed by atoms with Crippen molar-refractivity contribution >= 4 is 27.0 Å². The number of H-pyrrole nitrogens is 1. The molecule has 146 valence electrons. The average Bonchev–Trinajstić information content (AvgIpc) is 3.24. The Labute approximate surface area is 154 Å². The monoisotopic (exact) mass is 399 g/mol. The van der Waals surface area contributed by atoms with E-state index in [9.17, 15) is 22.0 Å². The van der Waals surface area contributed by atoms with Gasteiger partial charge in [0, 0.05) is 50.4 Å². The third kappa shape index (κ3) is 3.30. The van der Waals surface area contributed by atoms with Crippen LogP contribution in [-0.4, -0.2) is 78.2 Å². The Morgan fingerprint density at radius 1 is 1.26 bits per heavy atom. The highest BCUT2D eigenvalue weighted by Gasteiger charge is 2.44. The number of piperazine rings is 1. The number of aromatic nitrogens is 2. The van der Waals surface area contributed by atoms with Crippen molar-refractivity contribution < 1.29 is 22.0 Å². The highest BCUT2D eigenvalue weighted by atomic mass is 32.2. The predicted octanol–water partition coefficient (Wildman–Crippen LogP) is 0.393. The first-order chi connectivity index (χ1) is 12.8. The van der Waals surface area contributed by atoms with Gasteiger partial charge in [0.2, 0.25) is 15.9 Å². The molecule has 2 aliphatic heterocycles. The van der Waals surface area contributed by atoms with Crippen LogP contribution in [0.15, 0.2) is 29.4 Å². The third-order valence-corrected chi connectivity index (χ3v) is 6.93. The van der Waals surface area contributed by atoms with Crippen LogP contribution in [0.5, 0.6) is 0 Å². The number of halogens is 2. The topological polar surface area (TPSA) is 98.4 Å². The van der Waals surface area contributed by atoms with E-state index in [2.05, 4.69) is 15.3 Å². The summed E-state index contributed by atoms with van der Waals surface area (Å²) < 4.78 is 53.8. The summed E-state index contributed by atoms with van der Waals surface area (Å²) in [6.45, 7) is 0.0609. The van der Waals surface area contributed by atoms with Crippen molar-refractivity contribution in [2.45, 2.75) is 23.3 Å². The van der Waals surface area contributed by atoms with Crippen molar-refractivity contribution in [3.63, 3.8) is 0 Å². The minimum atomic E-state index is -3.74. The van der Waals surface area contributed by atoms with Crippen LogP contribution >= 0.6 is 0 Å². The normalized spacial score (nSPS) is 23.8. The molecule has 0 aromatic carbocycles. The molecule has 1 amide bonds. The first-order valence-corrected chi connectivity index (χ1v) is 10.0. The fraction of sp³-hybridized carbons (Fsp3) is 0.500. The van der Waals surface area contributed by atoms with Gasteiger partial charge >= 0.3 is 0 Å². The standard InChI is InChI=1S/C16H19F2N5O3S/c17-16(18)8-12(21-10-16)15(24)22-4-6-23(7-5-22)27(25,26)13-9-20-14-11(13)2-1-3-19-14/h1-3,9,12,21H,4-8,10H2,(H,19,20). The molecule has 1 atom stereocenters. The fourth-order valence-corrected chi connectivity index (χ4v) is 5.12. The number of aromatic amines is 1. The third-order valence-electron chi connectivity index (χ3n) is 4.99. The summed E-state index contributed by atoms with van der Waals surface area (Å²) in [5.74, 6) is -3.28. The number of fused-ring (bicyclic) bond motifs is 1. The molecule has 2 N–H and O–H groups in total. The molecule has 2 aliphatic rings. The average molecular weight is 399 g/mol. The lowest BCUT2D eigenvalue weighted by Crippen LogP contribution is -2.54. The maximum atomic E-state index is 13.3. The molecule has 0 spiro atoms. The van der Waals surface area contributed by atoms with Gasteiger partial charge in [0.1, 0.15) is 10.5 Å². The van der Waals surface area contributed by atoms with Gasteiger partial charge in [-0.2, -0.15) is 4.31 Å². The van der Waals surface area contributed by atoms with E-state index in [0.29, 0.717) is 11.0 Å². The smallest absolute Gasteiger partial charge is 0.262 e. The van der Waals surface area contributed by atoms with Crippen LogP contribution in [0.1, 0.15) is 6.42 Å². The van der Waals surface area contributed by atoms with Crippen molar-refractivity contribution in [3.8, 4) is 0 Å². The summed E-state index contributed by atoms with van der Waals surface area (Å²) in [5, 5.41) is 3.05. The minimum Gasteiger partial charge on any atom is -0.345 e. The van der Waals surface area contributed by atoms with E-state index < -0.39 is 40.9 Å². The van der Waals surface area contributed by atoms with Crippen LogP contribution < -0.4 is 5.32 Å². The molecule has 11 heteroatoms. The Balaban J connectivity index is 1.45. The molecule has 27 heavy (non-hydrogen) atoms. The van der Waals surface area contributed by atoms with E-state index in [1.54, 1.807) is 18.3 Å². The summed E-state index contributed by atoms with van der Waals surface area (Å²) in [7, 11) is -3.74. The quantitative estimate of drug-likeness (QED) is 0.778. The van der Waals surface area contributed by atoms with Crippen molar-refractivity contribution in [2.24, 2.45) is 0 Å². The van der Waals surface area contributed by atoms with E-state index in [-0.39, 0.29) is 31.1 Å². The molecule has 0 bridgehead atoms. The molecule has 0 radical (unpaired) electrons. The van der Waals surface area contributed by atoms with E-state index in [1.807, 2.05) is 0 Å². The van der Waals surface area contributed by atoms with Crippen molar-refractivity contribution in [1.82, 2.24) is 24.5 Å². The van der Waals surface area contributed by atoms with E-state index >= 15 is 0 Å². The number of nitrogens with one attached hydrogen (secondary N) is 2. The Hall–Kier alpha value is -2.11. The van der Waals surface area contributed by atoms with Crippen LogP contribution in [0.4, 0.5) is 8.78 Å². The molecule has 2 aromatic rings. The number of pyridine rings is 1. The second kappa shape index (κ2) is 6.50. The molecular weight excluding hydrogens is 380 g/mol. The zero-order valence-corrected chi connectivity index (χ0v) is 15.2. The summed E-state index contributed by atoms with van der Waals surface area (Å²) in [6.07, 6.45) is 2.46. The lowest BCUT2D eigenvalue weighted by Gasteiger charge is -2.35. The Bertz CT molecular complexity index is 969. The van der Waals surface area contributed by atoms with Crippen LogP contribution in [0.2, 0.25) is 0 Å². The number of alkyl halides is 2. The minimum absolute atomic E-state index is 0.115. The summed E-state index contributed by atoms with van der Waals surface area (Å²) in [5.41, 5.74) is 0.484. The lowest BCUT2D eigenvalue weighted by molar-refractivity contribution is -0.134. The van der Waals surface area contributed by atoms with Gasteiger partial charge in [-0.25, -0.2) is 22.2 Å². The van der Waals surface area contributed by atoms with Gasteiger partial charge in [-0.05, 0) is 12.1 Å². The van der Waals surface area contributed by atoms with Crippen molar-refractivity contribution in [1.29, 1.82) is 0 Å². The van der Waals surface area contributed by atoms with Crippen molar-refractivity contribution in [2.75, 3.05) is 32.7 Å². The molecule has 8 nitrogen and oxygen atoms in total. The molecule has 1 unspecified atom stereocenters. The zero-order chi connectivity index (χ0) is 19.2. The molecule has 0 aliphatic carbocycles. The SMILES string of the molecule is O=C(C1CC(F)(F)CN1)N1CCN(S(=O)(=O)c2c[nH]c3ncccc23)CC1. The van der Waals surface area contributed by atoms with Gasteiger partial charge in [-0.1, -0.05) is 0 Å². The van der Waals surface area contributed by atoms with Gasteiger partial charge in [-0.3, -0.25) is 10.1 Å². The summed E-state index contributed by atoms with van der Waals surface area (Å²) >= 11 is 0. The van der Waals surface area contributed by atoms with Crippen molar-refractivity contribution in [3.05, 3.63) is 24.5 Å². The number of hydrogen-bond donors (Lipinski definition) is 2. The second-order valence-electron chi connectivity index (χ2n) is 6.78. The largest absolute Gasteiger partial charge is 0.345 e. The van der Waals surface area contributed by atoms with Gasteiger partial charge in [0.05, 0.1) is 12.6 Å². The molecule has 0 saturated carbocycles. The van der Waals surface area contributed by atoms with Gasteiger partial charge in [0.25, 0.3) is 5.92 Å². The molecule has 4 heterocycles. The number of rotatable bonds is 3. The van der Waals surface area contributed by atoms with E-state index in [1.165, 1.54) is 15.4 Å². The van der Waals surface area contributed by atoms with Gasteiger partial charge in [0.15, 0.2) is 0 Å². The zero-order valence-electron chi connectivity index (χ0n) is 14.4. The highest BCUT2D eigenvalue weighted by Crippen LogP contribution is 2.28. The number of carbonyl (C=O) groups is 1. The van der Waals surface area contributed by atoms with Crippen LogP contribution in [-0.2, 0) is 14.8 Å². The second-order valence-corrected chi connectivity index (χ2v) is 8.68. The maximum absolute atomic E-state index is 13.3. The number of hydrogen-bond acceptors (Lipinski definition) is 5. The maximum Gasteiger partial charge on any atom is 0.262 e. The molecular formula is C16H19F2N5O3S. The number of amides is 1. The molecule has 2 saturated heterocycles. The Kier molecular flexibility index (Phi) is 4.40. The Morgan fingerprint density at radius 3 is 2.67 bits per heavy atom. The van der Waals surface area contributed by atoms with E-state index in [0.717, 1.165) is 0 Å². The number of carbonyl (C=O) groups excluding carboxylic acids is 1.